The van der Waals surface area contributed by atoms with Gasteiger partial charge in [-0.2, -0.15) is 4.98 Å². The van der Waals surface area contributed by atoms with Crippen molar-refractivity contribution in [3.05, 3.63) is 36.2 Å². The lowest BCUT2D eigenvalue weighted by Gasteiger charge is -2.30. The van der Waals surface area contributed by atoms with Crippen LogP contribution in [0.2, 0.25) is 0 Å². The van der Waals surface area contributed by atoms with Crippen molar-refractivity contribution < 1.29 is 4.39 Å². The first-order valence-electron chi connectivity index (χ1n) is 9.30. The maximum atomic E-state index is 14.8. The number of nitrogens with one attached hydrogen (secondary N) is 1. The van der Waals surface area contributed by atoms with E-state index in [9.17, 15) is 4.39 Å². The summed E-state index contributed by atoms with van der Waals surface area (Å²) < 4.78 is 16.9. The van der Waals surface area contributed by atoms with Crippen molar-refractivity contribution >= 4 is 28.0 Å². The molecule has 6 nitrogen and oxygen atoms in total. The number of aromatic amines is 1. The Morgan fingerprint density at radius 2 is 2.00 bits per heavy atom. The van der Waals surface area contributed by atoms with Gasteiger partial charge >= 0.3 is 0 Å². The fourth-order valence-corrected chi connectivity index (χ4v) is 3.88. The molecule has 1 fully saturated rings. The molecule has 1 aliphatic rings. The van der Waals surface area contributed by atoms with E-state index in [1.165, 1.54) is 6.42 Å². The highest BCUT2D eigenvalue weighted by molar-refractivity contribution is 5.96. The second kappa shape index (κ2) is 5.77. The van der Waals surface area contributed by atoms with Crippen LogP contribution in [0.3, 0.4) is 0 Å². The van der Waals surface area contributed by atoms with Crippen molar-refractivity contribution in [3.8, 4) is 11.1 Å². The Morgan fingerprint density at radius 1 is 1.19 bits per heavy atom. The molecule has 1 aromatic carbocycles. The van der Waals surface area contributed by atoms with Gasteiger partial charge in [-0.25, -0.2) is 14.4 Å². The number of hydrogen-bond acceptors (Lipinski definition) is 4. The molecule has 3 aromatic heterocycles. The third-order valence-corrected chi connectivity index (χ3v) is 5.31. The fraction of sp³-hybridized carbons (Fsp3) is 0.350. The van der Waals surface area contributed by atoms with Gasteiger partial charge in [-0.3, -0.25) is 0 Å². The molecule has 0 saturated carbocycles. The molecule has 0 amide bonds. The Kier molecular flexibility index (Phi) is 3.47. The van der Waals surface area contributed by atoms with Gasteiger partial charge in [0.25, 0.3) is 0 Å². The average Bonchev–Trinajstić information content (AvgIpc) is 3.13. The summed E-state index contributed by atoms with van der Waals surface area (Å²) in [5.74, 6) is 1.26. The molecule has 4 aromatic rings. The molecule has 0 radical (unpaired) electrons. The van der Waals surface area contributed by atoms with Crippen LogP contribution in [-0.2, 0) is 0 Å². The normalized spacial score (nSPS) is 14.5. The standard InChI is InChI=1S/C20H21FN6/c1-11(2)27-12(3)24-18-16(21)7-13(8-17(18)27)14-9-22-19-15(14)10-23-20(25-19)26-5-4-6-26/h7-11H,4-6H2,1-3H3,(H,22,23,25). The molecule has 1 N–H and O–H groups in total. The van der Waals surface area contributed by atoms with Crippen molar-refractivity contribution in [1.29, 1.82) is 0 Å². The Bertz CT molecular complexity index is 1170. The van der Waals surface area contributed by atoms with E-state index < -0.39 is 0 Å². The second-order valence-electron chi connectivity index (χ2n) is 7.42. The number of hydrogen-bond donors (Lipinski definition) is 1. The molecule has 7 heteroatoms. The summed E-state index contributed by atoms with van der Waals surface area (Å²) in [6.07, 6.45) is 4.89. The van der Waals surface area contributed by atoms with Gasteiger partial charge in [-0.05, 0) is 44.9 Å². The zero-order valence-corrected chi connectivity index (χ0v) is 15.6. The minimum Gasteiger partial charge on any atom is -0.345 e. The third kappa shape index (κ3) is 2.41. The first kappa shape index (κ1) is 16.2. The molecule has 1 saturated heterocycles. The van der Waals surface area contributed by atoms with Gasteiger partial charge in [0.15, 0.2) is 5.82 Å². The molecular formula is C20H21FN6. The van der Waals surface area contributed by atoms with Gasteiger partial charge in [0.1, 0.15) is 17.0 Å². The SMILES string of the molecule is Cc1nc2c(F)cc(-c3c[nH]c4nc(N5CCC5)ncc34)cc2n1C(C)C. The molecule has 0 spiro atoms. The lowest BCUT2D eigenvalue weighted by Crippen LogP contribution is -2.38. The van der Waals surface area contributed by atoms with E-state index in [0.29, 0.717) is 5.52 Å². The number of imidazole rings is 1. The van der Waals surface area contributed by atoms with E-state index >= 15 is 0 Å². The third-order valence-electron chi connectivity index (χ3n) is 5.31. The van der Waals surface area contributed by atoms with Crippen molar-refractivity contribution in [2.45, 2.75) is 33.2 Å². The van der Waals surface area contributed by atoms with Crippen LogP contribution < -0.4 is 4.90 Å². The van der Waals surface area contributed by atoms with E-state index in [0.717, 1.165) is 52.5 Å². The minimum absolute atomic E-state index is 0.204. The maximum absolute atomic E-state index is 14.8. The van der Waals surface area contributed by atoms with Crippen molar-refractivity contribution in [3.63, 3.8) is 0 Å². The summed E-state index contributed by atoms with van der Waals surface area (Å²) in [4.78, 5) is 18.9. The van der Waals surface area contributed by atoms with Gasteiger partial charge in [0.05, 0.1) is 5.52 Å². The monoisotopic (exact) mass is 364 g/mol. The number of nitrogens with zero attached hydrogens (tertiary/aromatic N) is 5. The van der Waals surface area contributed by atoms with E-state index in [1.54, 1.807) is 6.07 Å². The largest absolute Gasteiger partial charge is 0.345 e. The average molecular weight is 364 g/mol. The van der Waals surface area contributed by atoms with Crippen LogP contribution in [0.25, 0.3) is 33.2 Å². The molecule has 138 valence electrons. The molecule has 1 aliphatic heterocycles. The van der Waals surface area contributed by atoms with Crippen LogP contribution in [0.1, 0.15) is 32.1 Å². The minimum atomic E-state index is -0.308. The topological polar surface area (TPSA) is 62.6 Å². The highest BCUT2D eigenvalue weighted by Gasteiger charge is 2.20. The molecule has 4 heterocycles. The van der Waals surface area contributed by atoms with Gasteiger partial charge in [-0.1, -0.05) is 0 Å². The number of rotatable bonds is 3. The molecule has 0 aliphatic carbocycles. The van der Waals surface area contributed by atoms with Gasteiger partial charge in [0.2, 0.25) is 5.95 Å². The first-order chi connectivity index (χ1) is 13.0. The highest BCUT2D eigenvalue weighted by Crippen LogP contribution is 2.33. The zero-order valence-electron chi connectivity index (χ0n) is 15.6. The van der Waals surface area contributed by atoms with E-state index in [4.69, 9.17) is 0 Å². The quantitative estimate of drug-likeness (QED) is 0.591. The predicted octanol–water partition coefficient (Wildman–Crippen LogP) is 4.21. The lowest BCUT2D eigenvalue weighted by atomic mass is 10.1. The molecule has 0 unspecified atom stereocenters. The van der Waals surface area contributed by atoms with Crippen LogP contribution >= 0.6 is 0 Å². The second-order valence-corrected chi connectivity index (χ2v) is 7.42. The van der Waals surface area contributed by atoms with Crippen LogP contribution in [0, 0.1) is 12.7 Å². The first-order valence-corrected chi connectivity index (χ1v) is 9.30. The Balaban J connectivity index is 1.67. The van der Waals surface area contributed by atoms with E-state index in [1.807, 2.05) is 25.4 Å². The maximum Gasteiger partial charge on any atom is 0.227 e. The van der Waals surface area contributed by atoms with Gasteiger partial charge in [-0.15, -0.1) is 0 Å². The molecular weight excluding hydrogens is 343 g/mol. The van der Waals surface area contributed by atoms with E-state index in [-0.39, 0.29) is 11.9 Å². The lowest BCUT2D eigenvalue weighted by molar-refractivity contribution is 0.600. The summed E-state index contributed by atoms with van der Waals surface area (Å²) in [6.45, 7) is 8.07. The number of aromatic nitrogens is 5. The number of anilines is 1. The number of benzene rings is 1. The van der Waals surface area contributed by atoms with Crippen molar-refractivity contribution in [1.82, 2.24) is 24.5 Å². The Labute approximate surface area is 156 Å². The Morgan fingerprint density at radius 3 is 2.70 bits per heavy atom. The highest BCUT2D eigenvalue weighted by atomic mass is 19.1. The summed E-state index contributed by atoms with van der Waals surface area (Å²) in [7, 11) is 0. The Hall–Kier alpha value is -2.96. The number of aryl methyl sites for hydroxylation is 1. The summed E-state index contributed by atoms with van der Waals surface area (Å²) in [6, 6.07) is 3.76. The van der Waals surface area contributed by atoms with Crippen LogP contribution in [0.5, 0.6) is 0 Å². The summed E-state index contributed by atoms with van der Waals surface area (Å²) >= 11 is 0. The number of H-pyrrole nitrogens is 1. The van der Waals surface area contributed by atoms with Gasteiger partial charge in [0, 0.05) is 42.5 Å². The van der Waals surface area contributed by atoms with E-state index in [2.05, 4.69) is 43.3 Å². The summed E-state index contributed by atoms with van der Waals surface area (Å²) in [5.41, 5.74) is 3.70. The van der Waals surface area contributed by atoms with Gasteiger partial charge < -0.3 is 14.5 Å². The van der Waals surface area contributed by atoms with Crippen LogP contribution in [0.4, 0.5) is 10.3 Å². The fourth-order valence-electron chi connectivity index (χ4n) is 3.88. The smallest absolute Gasteiger partial charge is 0.227 e. The number of halogens is 1. The number of fused-ring (bicyclic) bond motifs is 2. The van der Waals surface area contributed by atoms with Crippen molar-refractivity contribution in [2.75, 3.05) is 18.0 Å². The molecule has 0 bridgehead atoms. The van der Waals surface area contributed by atoms with Crippen LogP contribution in [-0.4, -0.2) is 37.6 Å². The summed E-state index contributed by atoms with van der Waals surface area (Å²) in [5, 5.41) is 0.894. The molecule has 27 heavy (non-hydrogen) atoms. The zero-order chi connectivity index (χ0) is 18.7. The predicted molar refractivity (Wildman–Crippen MR) is 105 cm³/mol. The molecule has 5 rings (SSSR count). The molecule has 0 atom stereocenters. The van der Waals surface area contributed by atoms with Crippen molar-refractivity contribution in [2.24, 2.45) is 0 Å². The van der Waals surface area contributed by atoms with Crippen LogP contribution in [0.15, 0.2) is 24.5 Å².